The number of hydrogen-bond acceptors (Lipinski definition) is 9. The molecule has 2 aliphatic rings. The van der Waals surface area contributed by atoms with Gasteiger partial charge in [-0.25, -0.2) is 9.38 Å². The lowest BCUT2D eigenvalue weighted by Gasteiger charge is -2.27. The largest absolute Gasteiger partial charge is 0.386 e. The van der Waals surface area contributed by atoms with Crippen molar-refractivity contribution in [3.63, 3.8) is 0 Å². The molecule has 4 aromatic rings. The van der Waals surface area contributed by atoms with Crippen LogP contribution in [0.4, 0.5) is 0 Å². The van der Waals surface area contributed by atoms with E-state index in [0.29, 0.717) is 11.5 Å². The number of nitrogens with one attached hydrogen (secondary N) is 1. The summed E-state index contributed by atoms with van der Waals surface area (Å²) in [7, 11) is -2.07. The van der Waals surface area contributed by atoms with Crippen LogP contribution in [0.1, 0.15) is 6.23 Å². The Hall–Kier alpha value is -2.25. The molecule has 0 amide bonds. The Balaban J connectivity index is 1.49. The van der Waals surface area contributed by atoms with E-state index in [9.17, 15) is 14.8 Å². The Morgan fingerprint density at radius 3 is 2.90 bits per heavy atom. The van der Waals surface area contributed by atoms with Crippen molar-refractivity contribution in [1.29, 1.82) is 0 Å². The van der Waals surface area contributed by atoms with E-state index in [-0.39, 0.29) is 28.1 Å². The highest BCUT2D eigenvalue weighted by Gasteiger charge is 2.50. The van der Waals surface area contributed by atoms with Crippen molar-refractivity contribution in [2.45, 2.75) is 24.5 Å². The Kier molecular flexibility index (Phi) is 4.47. The second kappa shape index (κ2) is 7.14. The molecular weight excluding hydrogens is 495 g/mol. The Morgan fingerprint density at radius 2 is 2.10 bits per heavy atom. The van der Waals surface area contributed by atoms with Crippen LogP contribution in [0.15, 0.2) is 40.3 Å². The molecule has 3 N–H and O–H groups in total. The number of H-pyrrole nitrogens is 1. The van der Waals surface area contributed by atoms with Gasteiger partial charge < -0.3 is 28.8 Å². The quantitative estimate of drug-likeness (QED) is 0.267. The van der Waals surface area contributed by atoms with E-state index in [1.54, 1.807) is 18.6 Å². The molecule has 0 radical (unpaired) electrons. The number of aromatic nitrogens is 6. The maximum absolute atomic E-state index is 13.1. The van der Waals surface area contributed by atoms with Crippen molar-refractivity contribution < 1.29 is 23.8 Å². The van der Waals surface area contributed by atoms with Crippen molar-refractivity contribution >= 4 is 41.5 Å². The monoisotopic (exact) mass is 508 g/mol. The van der Waals surface area contributed by atoms with Gasteiger partial charge in [0.1, 0.15) is 18.3 Å². The summed E-state index contributed by atoms with van der Waals surface area (Å²) in [6.45, 7) is 0.0803. The average Bonchev–Trinajstić information content (AvgIpc) is 3.43. The highest BCUT2D eigenvalue weighted by atomic mass is 79.9. The van der Waals surface area contributed by atoms with Gasteiger partial charge in [0.15, 0.2) is 22.1 Å². The van der Waals surface area contributed by atoms with Crippen molar-refractivity contribution in [2.24, 2.45) is 0 Å². The number of pyridine rings is 1. The fourth-order valence-corrected chi connectivity index (χ4v) is 5.23. The molecule has 5 atom stereocenters. The van der Waals surface area contributed by atoms with E-state index in [0.717, 1.165) is 5.56 Å². The molecule has 160 valence electrons. The lowest BCUT2D eigenvalue weighted by molar-refractivity contribution is -0.0594. The zero-order chi connectivity index (χ0) is 21.3. The fraction of sp³-hybridized carbons (Fsp3) is 0.294. The molecule has 14 heteroatoms. The summed E-state index contributed by atoms with van der Waals surface area (Å²) in [6, 6.07) is 3.62. The van der Waals surface area contributed by atoms with Gasteiger partial charge in [-0.05, 0) is 28.1 Å². The molecule has 0 aromatic carbocycles. The highest BCUT2D eigenvalue weighted by molar-refractivity contribution is 9.10. The molecule has 0 aliphatic carbocycles. The third kappa shape index (κ3) is 2.97. The fourth-order valence-electron chi connectivity index (χ4n) is 3.87. The third-order valence-electron chi connectivity index (χ3n) is 5.33. The molecule has 6 rings (SSSR count). The zero-order valence-electron chi connectivity index (χ0n) is 15.5. The number of imidazole rings is 2. The van der Waals surface area contributed by atoms with Gasteiger partial charge >= 0.3 is 8.60 Å². The minimum Gasteiger partial charge on any atom is -0.386 e. The van der Waals surface area contributed by atoms with Gasteiger partial charge in [0.2, 0.25) is 5.78 Å². The predicted molar refractivity (Wildman–Crippen MR) is 110 cm³/mol. The molecule has 12 nitrogen and oxygen atoms in total. The first kappa shape index (κ1) is 19.4. The van der Waals surface area contributed by atoms with E-state index in [4.69, 9.17) is 13.8 Å². The van der Waals surface area contributed by atoms with E-state index in [1.165, 1.54) is 8.97 Å². The number of ether oxygens (including phenoxy) is 1. The van der Waals surface area contributed by atoms with E-state index in [2.05, 4.69) is 35.9 Å². The first-order valence-corrected chi connectivity index (χ1v) is 11.1. The van der Waals surface area contributed by atoms with Crippen LogP contribution in [0.3, 0.4) is 0 Å². The van der Waals surface area contributed by atoms with Crippen LogP contribution < -0.4 is 5.56 Å². The summed E-state index contributed by atoms with van der Waals surface area (Å²) in [4.78, 5) is 38.7. The molecule has 2 aliphatic heterocycles. The van der Waals surface area contributed by atoms with Crippen LogP contribution in [0.5, 0.6) is 0 Å². The molecule has 0 saturated carbocycles. The number of aliphatic hydroxyl groups is 1. The third-order valence-corrected chi connectivity index (χ3v) is 6.68. The lowest BCUT2D eigenvalue weighted by atomic mass is 10.1. The Morgan fingerprint density at radius 1 is 1.29 bits per heavy atom. The Bertz CT molecular complexity index is 1360. The minimum absolute atomic E-state index is 0.0803. The standard InChI is InChI=1S/C17H14BrN6O6P/c18-16-21-10-13(24(16)15-11(25)12-9(29-15)6-28-31(27)30-12)22-17-20-8(5-23(17)14(10)26)7-1-3-19-4-2-7/h1-5,9,11-12,15,25,27H,6H2,(H,20,22). The number of rotatable bonds is 2. The van der Waals surface area contributed by atoms with E-state index >= 15 is 0 Å². The molecular formula is C17H14BrN6O6P. The summed E-state index contributed by atoms with van der Waals surface area (Å²) in [5.41, 5.74) is 1.50. The molecule has 2 saturated heterocycles. The summed E-state index contributed by atoms with van der Waals surface area (Å²) < 4.78 is 19.5. The minimum atomic E-state index is -2.07. The van der Waals surface area contributed by atoms with Gasteiger partial charge in [0, 0.05) is 24.2 Å². The maximum atomic E-state index is 13.1. The first-order chi connectivity index (χ1) is 15.0. The number of fused-ring (bicyclic) bond motifs is 3. The number of aliphatic hydroxyl groups excluding tert-OH is 1. The molecule has 0 bridgehead atoms. The number of halogens is 1. The normalized spacial score (nSPS) is 28.4. The van der Waals surface area contributed by atoms with E-state index in [1.807, 2.05) is 12.1 Å². The smallest absolute Gasteiger partial charge is 0.330 e. The summed E-state index contributed by atoms with van der Waals surface area (Å²) >= 11 is 3.34. The zero-order valence-corrected chi connectivity index (χ0v) is 18.0. The SMILES string of the molecule is O=c1c2nc(Br)n(C3OC4COP(O)OC4C3O)c2nc2[nH]c(-c3ccncc3)cn12. The summed E-state index contributed by atoms with van der Waals surface area (Å²) in [5.74, 6) is 0.307. The second-order valence-corrected chi connectivity index (χ2v) is 8.75. The topological polar surface area (TPSA) is 149 Å². The molecule has 6 heterocycles. The Labute approximate surface area is 182 Å². The summed E-state index contributed by atoms with van der Waals surface area (Å²) in [5, 5.41) is 10.8. The van der Waals surface area contributed by atoms with Crippen LogP contribution in [-0.4, -0.2) is 63.8 Å². The number of aromatic amines is 1. The lowest BCUT2D eigenvalue weighted by Crippen LogP contribution is -2.38. The van der Waals surface area contributed by atoms with Crippen LogP contribution in [0.25, 0.3) is 28.2 Å². The van der Waals surface area contributed by atoms with Crippen LogP contribution in [0, 0.1) is 0 Å². The van der Waals surface area contributed by atoms with Crippen molar-refractivity contribution in [3.05, 3.63) is 45.8 Å². The number of hydrogen-bond donors (Lipinski definition) is 3. The molecule has 0 spiro atoms. The van der Waals surface area contributed by atoms with Crippen molar-refractivity contribution in [1.82, 2.24) is 28.9 Å². The van der Waals surface area contributed by atoms with E-state index < -0.39 is 33.1 Å². The van der Waals surface area contributed by atoms with Crippen molar-refractivity contribution in [2.75, 3.05) is 6.61 Å². The maximum Gasteiger partial charge on any atom is 0.330 e. The first-order valence-electron chi connectivity index (χ1n) is 9.22. The van der Waals surface area contributed by atoms with Gasteiger partial charge in [-0.15, -0.1) is 0 Å². The average molecular weight is 509 g/mol. The van der Waals surface area contributed by atoms with Crippen LogP contribution >= 0.6 is 24.5 Å². The van der Waals surface area contributed by atoms with Crippen molar-refractivity contribution in [3.8, 4) is 11.3 Å². The molecule has 5 unspecified atom stereocenters. The van der Waals surface area contributed by atoms with Gasteiger partial charge in [0.05, 0.1) is 12.3 Å². The molecule has 4 aromatic heterocycles. The van der Waals surface area contributed by atoms with Gasteiger partial charge in [0.25, 0.3) is 5.56 Å². The molecule has 2 fully saturated rings. The summed E-state index contributed by atoms with van der Waals surface area (Å²) in [6.07, 6.45) is 1.54. The highest BCUT2D eigenvalue weighted by Crippen LogP contribution is 2.47. The number of nitrogens with zero attached hydrogens (tertiary/aromatic N) is 5. The predicted octanol–water partition coefficient (Wildman–Crippen LogP) is 1.09. The van der Waals surface area contributed by atoms with Gasteiger partial charge in [-0.3, -0.25) is 14.3 Å². The van der Waals surface area contributed by atoms with Gasteiger partial charge in [-0.2, -0.15) is 4.98 Å². The van der Waals surface area contributed by atoms with Crippen LogP contribution in [0.2, 0.25) is 0 Å². The molecule has 31 heavy (non-hydrogen) atoms. The van der Waals surface area contributed by atoms with Gasteiger partial charge in [-0.1, -0.05) is 0 Å². The second-order valence-electron chi connectivity index (χ2n) is 7.10. The van der Waals surface area contributed by atoms with Crippen LogP contribution in [-0.2, 0) is 13.8 Å².